The maximum atomic E-state index is 13.3. The van der Waals surface area contributed by atoms with Crippen LogP contribution in [0.4, 0.5) is 8.78 Å². The molecule has 0 saturated heterocycles. The largest absolute Gasteiger partial charge is 0.576 e. The first-order valence-corrected chi connectivity index (χ1v) is 5.85. The van der Waals surface area contributed by atoms with E-state index in [1.54, 1.807) is 38.1 Å². The van der Waals surface area contributed by atoms with Crippen LogP contribution < -0.4 is 9.31 Å². The van der Waals surface area contributed by atoms with Gasteiger partial charge in [0.15, 0.2) is 0 Å². The molecule has 0 spiro atoms. The minimum atomic E-state index is -0.334. The first-order valence-electron chi connectivity index (χ1n) is 5.85. The second-order valence-corrected chi connectivity index (χ2v) is 4.13. The first kappa shape index (κ1) is 13.4. The van der Waals surface area contributed by atoms with Crippen molar-refractivity contribution in [2.45, 2.75) is 13.8 Å². The topological polar surface area (TPSA) is 18.5 Å². The first-order chi connectivity index (χ1) is 9.09. The third kappa shape index (κ3) is 3.05. The zero-order valence-electron chi connectivity index (χ0n) is 10.7. The van der Waals surface area contributed by atoms with Gasteiger partial charge >= 0.3 is 7.69 Å². The molecular weight excluding hydrogens is 249 g/mol. The van der Waals surface area contributed by atoms with Gasteiger partial charge in [0.2, 0.25) is 0 Å². The summed E-state index contributed by atoms with van der Waals surface area (Å²) in [5, 5.41) is 0. The minimum absolute atomic E-state index is 0.103. The zero-order valence-corrected chi connectivity index (χ0v) is 10.7. The average molecular weight is 262 g/mol. The summed E-state index contributed by atoms with van der Waals surface area (Å²) in [6.07, 6.45) is 0. The van der Waals surface area contributed by atoms with Crippen molar-refractivity contribution in [1.82, 2.24) is 0 Å². The van der Waals surface area contributed by atoms with Crippen LogP contribution in [0.3, 0.4) is 0 Å². The van der Waals surface area contributed by atoms with E-state index in [-0.39, 0.29) is 19.3 Å². The highest BCUT2D eigenvalue weighted by molar-refractivity contribution is 6.20. The van der Waals surface area contributed by atoms with Gasteiger partial charge in [-0.05, 0) is 38.1 Å². The summed E-state index contributed by atoms with van der Waals surface area (Å²) in [5.74, 6) is 0.155. The molecule has 2 aromatic carbocycles. The highest BCUT2D eigenvalue weighted by atomic mass is 19.1. The number of halogens is 2. The molecule has 0 aliphatic rings. The zero-order chi connectivity index (χ0) is 13.8. The quantitative estimate of drug-likeness (QED) is 0.787. The van der Waals surface area contributed by atoms with Crippen LogP contribution in [0.2, 0.25) is 0 Å². The molecule has 2 nitrogen and oxygen atoms in total. The fourth-order valence-corrected chi connectivity index (χ4v) is 1.64. The summed E-state index contributed by atoms with van der Waals surface area (Å²) in [4.78, 5) is 0. The van der Waals surface area contributed by atoms with E-state index < -0.39 is 0 Å². The van der Waals surface area contributed by atoms with Gasteiger partial charge in [0.05, 0.1) is 0 Å². The molecule has 0 bridgehead atoms. The molecule has 19 heavy (non-hydrogen) atoms. The molecule has 0 aliphatic heterocycles. The predicted molar refractivity (Wildman–Crippen MR) is 70.7 cm³/mol. The monoisotopic (exact) mass is 262 g/mol. The normalized spacial score (nSPS) is 10.1. The van der Waals surface area contributed by atoms with Crippen molar-refractivity contribution in [2.75, 3.05) is 0 Å². The highest BCUT2D eigenvalue weighted by Gasteiger charge is 2.08. The molecule has 0 atom stereocenters. The van der Waals surface area contributed by atoms with Crippen LogP contribution in [0.15, 0.2) is 36.4 Å². The summed E-state index contributed by atoms with van der Waals surface area (Å²) in [5.41, 5.74) is 0.837. The third-order valence-corrected chi connectivity index (χ3v) is 2.86. The molecule has 0 radical (unpaired) electrons. The standard InChI is InChI=1S/C14H13BF2O2/c1-9-11(16)5-3-7-13(9)18-15-19-14-8-4-6-12(17)10(14)2/h3-8,15H,1-2H3. The number of benzene rings is 2. The van der Waals surface area contributed by atoms with Gasteiger partial charge in [0, 0.05) is 11.1 Å². The van der Waals surface area contributed by atoms with E-state index in [4.69, 9.17) is 9.31 Å². The Morgan fingerprint density at radius 1 is 0.789 bits per heavy atom. The second kappa shape index (κ2) is 5.74. The van der Waals surface area contributed by atoms with Crippen molar-refractivity contribution >= 4 is 7.69 Å². The molecule has 0 aliphatic carbocycles. The summed E-state index contributed by atoms with van der Waals surface area (Å²) in [7, 11) is -0.103. The molecule has 2 aromatic rings. The Labute approximate surface area is 111 Å². The molecule has 98 valence electrons. The van der Waals surface area contributed by atoms with E-state index in [9.17, 15) is 8.78 Å². The van der Waals surface area contributed by atoms with Gasteiger partial charge in [-0.3, -0.25) is 0 Å². The van der Waals surface area contributed by atoms with Gasteiger partial charge in [-0.25, -0.2) is 8.78 Å². The van der Waals surface area contributed by atoms with Crippen LogP contribution in [0, 0.1) is 25.5 Å². The average Bonchev–Trinajstić information content (AvgIpc) is 2.39. The molecule has 0 amide bonds. The Hall–Kier alpha value is -2.04. The van der Waals surface area contributed by atoms with Crippen LogP contribution in [0.5, 0.6) is 11.5 Å². The lowest BCUT2D eigenvalue weighted by Gasteiger charge is -2.11. The van der Waals surface area contributed by atoms with Crippen molar-refractivity contribution < 1.29 is 18.1 Å². The Morgan fingerprint density at radius 2 is 1.21 bits per heavy atom. The highest BCUT2D eigenvalue weighted by Crippen LogP contribution is 2.22. The van der Waals surface area contributed by atoms with Gasteiger partial charge in [0.25, 0.3) is 0 Å². The van der Waals surface area contributed by atoms with E-state index in [1.807, 2.05) is 0 Å². The van der Waals surface area contributed by atoms with E-state index in [0.717, 1.165) is 0 Å². The van der Waals surface area contributed by atoms with Crippen LogP contribution in [-0.4, -0.2) is 7.69 Å². The maximum Gasteiger partial charge on any atom is 0.576 e. The van der Waals surface area contributed by atoms with Gasteiger partial charge in [-0.1, -0.05) is 12.1 Å². The van der Waals surface area contributed by atoms with Gasteiger partial charge in [0.1, 0.15) is 23.1 Å². The Bertz CT molecular complexity index is 536. The number of hydrogen-bond donors (Lipinski definition) is 0. The van der Waals surface area contributed by atoms with Crippen LogP contribution in [0.25, 0.3) is 0 Å². The van der Waals surface area contributed by atoms with Gasteiger partial charge in [-0.15, -0.1) is 0 Å². The van der Waals surface area contributed by atoms with E-state index >= 15 is 0 Å². The second-order valence-electron chi connectivity index (χ2n) is 4.13. The Balaban J connectivity index is 2.00. The summed E-state index contributed by atoms with van der Waals surface area (Å²) in [6.45, 7) is 3.25. The molecule has 0 unspecified atom stereocenters. The van der Waals surface area contributed by atoms with Gasteiger partial charge < -0.3 is 9.31 Å². The molecule has 0 fully saturated rings. The molecule has 0 heterocycles. The summed E-state index contributed by atoms with van der Waals surface area (Å²) < 4.78 is 37.2. The van der Waals surface area contributed by atoms with Gasteiger partial charge in [-0.2, -0.15) is 0 Å². The van der Waals surface area contributed by atoms with Crippen LogP contribution in [-0.2, 0) is 0 Å². The fourth-order valence-electron chi connectivity index (χ4n) is 1.64. The predicted octanol–water partition coefficient (Wildman–Crippen LogP) is 3.31. The molecule has 0 aromatic heterocycles. The fraction of sp³-hybridized carbons (Fsp3) is 0.143. The maximum absolute atomic E-state index is 13.3. The minimum Gasteiger partial charge on any atom is -0.528 e. The number of rotatable bonds is 4. The summed E-state index contributed by atoms with van der Waals surface area (Å²) in [6, 6.07) is 9.15. The molecule has 2 rings (SSSR count). The van der Waals surface area contributed by atoms with E-state index in [0.29, 0.717) is 22.6 Å². The van der Waals surface area contributed by atoms with Crippen molar-refractivity contribution in [3.8, 4) is 11.5 Å². The van der Waals surface area contributed by atoms with Crippen LogP contribution >= 0.6 is 0 Å². The van der Waals surface area contributed by atoms with E-state index in [2.05, 4.69) is 0 Å². The molecule has 5 heteroatoms. The lowest BCUT2D eigenvalue weighted by Crippen LogP contribution is -2.12. The lowest BCUT2D eigenvalue weighted by atomic mass is 10.2. The smallest absolute Gasteiger partial charge is 0.528 e. The number of hydrogen-bond acceptors (Lipinski definition) is 2. The van der Waals surface area contributed by atoms with E-state index in [1.165, 1.54) is 12.1 Å². The Morgan fingerprint density at radius 3 is 1.63 bits per heavy atom. The molecule has 0 saturated carbocycles. The Kier molecular flexibility index (Phi) is 4.05. The van der Waals surface area contributed by atoms with Crippen molar-refractivity contribution in [2.24, 2.45) is 0 Å². The molecular formula is C14H13BF2O2. The van der Waals surface area contributed by atoms with Crippen LogP contribution in [0.1, 0.15) is 11.1 Å². The third-order valence-electron chi connectivity index (χ3n) is 2.86. The van der Waals surface area contributed by atoms with Crippen molar-refractivity contribution in [3.05, 3.63) is 59.2 Å². The van der Waals surface area contributed by atoms with Crippen molar-refractivity contribution in [3.63, 3.8) is 0 Å². The lowest BCUT2D eigenvalue weighted by molar-refractivity contribution is 0.448. The summed E-state index contributed by atoms with van der Waals surface area (Å²) >= 11 is 0. The SMILES string of the molecule is Cc1c(F)cccc1OBOc1cccc(F)c1C. The van der Waals surface area contributed by atoms with Crippen molar-refractivity contribution in [1.29, 1.82) is 0 Å². The molecule has 0 N–H and O–H groups in total.